The molecule has 2 aliphatic rings. The van der Waals surface area contributed by atoms with Crippen molar-refractivity contribution in [3.8, 4) is 0 Å². The largest absolute Gasteiger partial charge is 0.481 e. The molecular formula is C14H18N2O2. The van der Waals surface area contributed by atoms with Crippen molar-refractivity contribution in [2.45, 2.75) is 51.4 Å². The number of nitrogens with zero attached hydrogens (tertiary/aromatic N) is 2. The lowest BCUT2D eigenvalue weighted by Gasteiger charge is -2.27. The lowest BCUT2D eigenvalue weighted by atomic mass is 9.83. The maximum atomic E-state index is 11.1. The van der Waals surface area contributed by atoms with Gasteiger partial charge >= 0.3 is 5.97 Å². The zero-order valence-electron chi connectivity index (χ0n) is 10.6. The molecule has 4 heteroatoms. The zero-order valence-corrected chi connectivity index (χ0v) is 10.6. The minimum Gasteiger partial charge on any atom is -0.481 e. The molecule has 1 unspecified atom stereocenters. The first kappa shape index (κ1) is 11.6. The van der Waals surface area contributed by atoms with Crippen LogP contribution in [0.25, 0.3) is 0 Å². The molecular weight excluding hydrogens is 228 g/mol. The van der Waals surface area contributed by atoms with Crippen molar-refractivity contribution < 1.29 is 9.90 Å². The molecule has 0 aliphatic heterocycles. The second-order valence-corrected chi connectivity index (χ2v) is 5.50. The van der Waals surface area contributed by atoms with Gasteiger partial charge in [0.25, 0.3) is 0 Å². The van der Waals surface area contributed by atoms with E-state index in [1.165, 1.54) is 19.3 Å². The zero-order chi connectivity index (χ0) is 12.7. The third-order valence-electron chi connectivity index (χ3n) is 4.32. The van der Waals surface area contributed by atoms with Crippen LogP contribution in [0.1, 0.15) is 54.4 Å². The normalized spacial score (nSPS) is 23.3. The predicted molar refractivity (Wildman–Crippen MR) is 66.5 cm³/mol. The summed E-state index contributed by atoms with van der Waals surface area (Å²) in [4.78, 5) is 20.3. The van der Waals surface area contributed by atoms with E-state index in [4.69, 9.17) is 5.11 Å². The van der Waals surface area contributed by atoms with Crippen molar-refractivity contribution >= 4 is 5.97 Å². The highest BCUT2D eigenvalue weighted by Crippen LogP contribution is 2.36. The number of carbonyl (C=O) groups is 1. The Balaban J connectivity index is 1.91. The fraction of sp³-hybridized carbons (Fsp3) is 0.643. The number of hydrogen-bond donors (Lipinski definition) is 1. The van der Waals surface area contributed by atoms with Gasteiger partial charge in [0.05, 0.1) is 5.92 Å². The van der Waals surface area contributed by atoms with Gasteiger partial charge in [-0.1, -0.05) is 6.42 Å². The van der Waals surface area contributed by atoms with Crippen LogP contribution in [0.15, 0.2) is 0 Å². The van der Waals surface area contributed by atoms with Crippen molar-refractivity contribution in [3.05, 3.63) is 22.8 Å². The Morgan fingerprint density at radius 1 is 1.28 bits per heavy atom. The first-order valence-electron chi connectivity index (χ1n) is 6.74. The van der Waals surface area contributed by atoms with Crippen LogP contribution in [0.4, 0.5) is 0 Å². The average molecular weight is 246 g/mol. The molecule has 1 N–H and O–H groups in total. The van der Waals surface area contributed by atoms with E-state index in [1.54, 1.807) is 0 Å². The second-order valence-electron chi connectivity index (χ2n) is 5.50. The summed E-state index contributed by atoms with van der Waals surface area (Å²) >= 11 is 0. The highest BCUT2D eigenvalue weighted by atomic mass is 16.4. The lowest BCUT2D eigenvalue weighted by molar-refractivity contribution is -0.142. The van der Waals surface area contributed by atoms with E-state index in [2.05, 4.69) is 9.97 Å². The van der Waals surface area contributed by atoms with E-state index in [0.29, 0.717) is 18.8 Å². The molecule has 0 spiro atoms. The lowest BCUT2D eigenvalue weighted by Crippen LogP contribution is -2.25. The maximum Gasteiger partial charge on any atom is 0.306 e. The quantitative estimate of drug-likeness (QED) is 0.869. The standard InChI is InChI=1S/C14H18N2O2/c1-8-11-7-10(14(17)18)5-6-12(11)16-13(15-8)9-3-2-4-9/h9-10H,2-7H2,1H3,(H,17,18). The van der Waals surface area contributed by atoms with E-state index in [9.17, 15) is 4.79 Å². The molecule has 0 aromatic carbocycles. The van der Waals surface area contributed by atoms with Gasteiger partial charge in [-0.15, -0.1) is 0 Å². The predicted octanol–water partition coefficient (Wildman–Crippen LogP) is 2.24. The van der Waals surface area contributed by atoms with Gasteiger partial charge in [-0.2, -0.15) is 0 Å². The Labute approximate surface area is 106 Å². The van der Waals surface area contributed by atoms with Gasteiger partial charge in [0.1, 0.15) is 5.82 Å². The third kappa shape index (κ3) is 1.89. The molecule has 1 heterocycles. The number of aliphatic carboxylic acids is 1. The molecule has 0 saturated heterocycles. The van der Waals surface area contributed by atoms with Gasteiger partial charge in [-0.25, -0.2) is 9.97 Å². The van der Waals surface area contributed by atoms with Crippen molar-refractivity contribution in [1.29, 1.82) is 0 Å². The van der Waals surface area contributed by atoms with E-state index in [0.717, 1.165) is 29.2 Å². The topological polar surface area (TPSA) is 63.1 Å². The number of aryl methyl sites for hydroxylation is 2. The van der Waals surface area contributed by atoms with E-state index < -0.39 is 5.97 Å². The third-order valence-corrected chi connectivity index (χ3v) is 4.32. The number of aromatic nitrogens is 2. The number of carboxylic acid groups (broad SMARTS) is 1. The molecule has 0 radical (unpaired) electrons. The maximum absolute atomic E-state index is 11.1. The van der Waals surface area contributed by atoms with Crippen molar-refractivity contribution in [2.24, 2.45) is 5.92 Å². The molecule has 0 amide bonds. The summed E-state index contributed by atoms with van der Waals surface area (Å²) in [5.41, 5.74) is 3.17. The van der Waals surface area contributed by atoms with Crippen molar-refractivity contribution in [1.82, 2.24) is 9.97 Å². The summed E-state index contributed by atoms with van der Waals surface area (Å²) in [5, 5.41) is 9.10. The van der Waals surface area contributed by atoms with Crippen molar-refractivity contribution in [2.75, 3.05) is 0 Å². The second kappa shape index (κ2) is 4.34. The monoisotopic (exact) mass is 246 g/mol. The van der Waals surface area contributed by atoms with Crippen LogP contribution in [0, 0.1) is 12.8 Å². The van der Waals surface area contributed by atoms with Crippen LogP contribution in [-0.4, -0.2) is 21.0 Å². The molecule has 0 bridgehead atoms. The number of rotatable bonds is 2. The van der Waals surface area contributed by atoms with Gasteiger partial charge in [0.2, 0.25) is 0 Å². The Morgan fingerprint density at radius 2 is 2.06 bits per heavy atom. The summed E-state index contributed by atoms with van der Waals surface area (Å²) in [5.74, 6) is 0.593. The van der Waals surface area contributed by atoms with Crippen LogP contribution in [0.2, 0.25) is 0 Å². The molecule has 18 heavy (non-hydrogen) atoms. The smallest absolute Gasteiger partial charge is 0.306 e. The molecule has 1 atom stereocenters. The Morgan fingerprint density at radius 3 is 2.67 bits per heavy atom. The van der Waals surface area contributed by atoms with Crippen LogP contribution in [0.5, 0.6) is 0 Å². The number of carboxylic acids is 1. The summed E-state index contributed by atoms with van der Waals surface area (Å²) in [6, 6.07) is 0. The molecule has 1 aromatic rings. The first-order valence-corrected chi connectivity index (χ1v) is 6.74. The van der Waals surface area contributed by atoms with E-state index in [-0.39, 0.29) is 5.92 Å². The fourth-order valence-corrected chi connectivity index (χ4v) is 2.87. The van der Waals surface area contributed by atoms with Gasteiger partial charge in [0.15, 0.2) is 0 Å². The summed E-state index contributed by atoms with van der Waals surface area (Å²) in [6.07, 6.45) is 5.79. The Bertz CT molecular complexity index is 495. The SMILES string of the molecule is Cc1nc(C2CCC2)nc2c1CC(C(=O)O)CC2. The molecule has 96 valence electrons. The van der Waals surface area contributed by atoms with Crippen LogP contribution in [-0.2, 0) is 17.6 Å². The highest BCUT2D eigenvalue weighted by molar-refractivity contribution is 5.71. The van der Waals surface area contributed by atoms with Crippen molar-refractivity contribution in [3.63, 3.8) is 0 Å². The van der Waals surface area contributed by atoms with E-state index in [1.807, 2.05) is 6.92 Å². The van der Waals surface area contributed by atoms with Gasteiger partial charge in [-0.05, 0) is 44.6 Å². The van der Waals surface area contributed by atoms with Gasteiger partial charge in [-0.3, -0.25) is 4.79 Å². The first-order chi connectivity index (χ1) is 8.65. The molecule has 1 fully saturated rings. The number of hydrogen-bond acceptors (Lipinski definition) is 3. The average Bonchev–Trinajstić information content (AvgIpc) is 2.26. The highest BCUT2D eigenvalue weighted by Gasteiger charge is 2.29. The van der Waals surface area contributed by atoms with Gasteiger partial charge < -0.3 is 5.11 Å². The molecule has 3 rings (SSSR count). The molecule has 2 aliphatic carbocycles. The molecule has 1 aromatic heterocycles. The number of fused-ring (bicyclic) bond motifs is 1. The minimum absolute atomic E-state index is 0.255. The van der Waals surface area contributed by atoms with Crippen LogP contribution in [0.3, 0.4) is 0 Å². The molecule has 1 saturated carbocycles. The van der Waals surface area contributed by atoms with Crippen LogP contribution < -0.4 is 0 Å². The summed E-state index contributed by atoms with van der Waals surface area (Å²) < 4.78 is 0. The Kier molecular flexibility index (Phi) is 2.80. The fourth-order valence-electron chi connectivity index (χ4n) is 2.87. The minimum atomic E-state index is -0.692. The molecule has 4 nitrogen and oxygen atoms in total. The van der Waals surface area contributed by atoms with Gasteiger partial charge in [0, 0.05) is 17.3 Å². The van der Waals surface area contributed by atoms with Crippen LogP contribution >= 0.6 is 0 Å². The summed E-state index contributed by atoms with van der Waals surface area (Å²) in [7, 11) is 0. The summed E-state index contributed by atoms with van der Waals surface area (Å²) in [6.45, 7) is 1.99. The Hall–Kier alpha value is -1.45. The van der Waals surface area contributed by atoms with E-state index >= 15 is 0 Å².